The fourth-order valence-electron chi connectivity index (χ4n) is 1.82. The Morgan fingerprint density at radius 3 is 3.06 bits per heavy atom. The number of hydrogen-bond acceptors (Lipinski definition) is 6. The van der Waals surface area contributed by atoms with Crippen molar-refractivity contribution in [1.82, 2.24) is 9.97 Å². The van der Waals surface area contributed by atoms with Crippen molar-refractivity contribution in [2.75, 3.05) is 44.5 Å². The molecule has 0 bridgehead atoms. The van der Waals surface area contributed by atoms with E-state index in [0.29, 0.717) is 25.7 Å². The van der Waals surface area contributed by atoms with Crippen LogP contribution in [0.4, 0.5) is 16.2 Å². The smallest absolute Gasteiger partial charge is 0.224 e. The van der Waals surface area contributed by atoms with Crippen molar-refractivity contribution in [2.45, 2.75) is 12.0 Å². The average molecular weight is 256 g/mol. The summed E-state index contributed by atoms with van der Waals surface area (Å²) in [5, 5.41) is 5.71. The number of halogens is 1. The third kappa shape index (κ3) is 2.68. The number of anilines is 2. The minimum atomic E-state index is -0.487. The van der Waals surface area contributed by atoms with Gasteiger partial charge in [-0.2, -0.15) is 4.98 Å². The fourth-order valence-corrected chi connectivity index (χ4v) is 1.82. The minimum Gasteiger partial charge on any atom is -0.378 e. The first-order valence-electron chi connectivity index (χ1n) is 5.76. The first kappa shape index (κ1) is 13.0. The van der Waals surface area contributed by atoms with Crippen LogP contribution >= 0.6 is 0 Å². The lowest BCUT2D eigenvalue weighted by Gasteiger charge is -2.26. The normalized spacial score (nSPS) is 23.1. The van der Waals surface area contributed by atoms with Crippen molar-refractivity contribution in [3.05, 3.63) is 12.0 Å². The molecule has 2 heterocycles. The Morgan fingerprint density at radius 1 is 1.61 bits per heavy atom. The number of nitrogens with zero attached hydrogens (tertiary/aromatic N) is 2. The zero-order valence-electron chi connectivity index (χ0n) is 10.5. The lowest BCUT2D eigenvalue weighted by molar-refractivity contribution is -0.00629. The predicted molar refractivity (Wildman–Crippen MR) is 65.2 cm³/mol. The maximum atomic E-state index is 13.5. The van der Waals surface area contributed by atoms with Gasteiger partial charge in [0.15, 0.2) is 11.6 Å². The lowest BCUT2D eigenvalue weighted by atomic mass is 10.0. The van der Waals surface area contributed by atoms with Crippen LogP contribution in [0.5, 0.6) is 0 Å². The van der Waals surface area contributed by atoms with E-state index in [-0.39, 0.29) is 5.82 Å². The molecule has 0 saturated carbocycles. The second-order valence-corrected chi connectivity index (χ2v) is 4.18. The molecule has 1 aromatic rings. The number of aromatic nitrogens is 2. The van der Waals surface area contributed by atoms with Gasteiger partial charge in [-0.1, -0.05) is 0 Å². The SMILES string of the molecule is CNc1ncc(F)c(NCC2(OC)CCOC2)n1. The van der Waals surface area contributed by atoms with E-state index in [0.717, 1.165) is 12.6 Å². The molecular formula is C11H17FN4O2. The highest BCUT2D eigenvalue weighted by Crippen LogP contribution is 2.23. The molecule has 1 aromatic heterocycles. The second kappa shape index (κ2) is 5.45. The van der Waals surface area contributed by atoms with Crippen LogP contribution in [-0.4, -0.2) is 49.5 Å². The number of nitrogens with one attached hydrogen (secondary N) is 2. The van der Waals surface area contributed by atoms with Gasteiger partial charge in [-0.05, 0) is 0 Å². The molecule has 1 atom stereocenters. The van der Waals surface area contributed by atoms with Crippen LogP contribution in [0.3, 0.4) is 0 Å². The number of methoxy groups -OCH3 is 1. The summed E-state index contributed by atoms with van der Waals surface area (Å²) in [7, 11) is 3.31. The molecule has 1 fully saturated rings. The van der Waals surface area contributed by atoms with Crippen LogP contribution in [0.25, 0.3) is 0 Å². The largest absolute Gasteiger partial charge is 0.378 e. The van der Waals surface area contributed by atoms with Gasteiger partial charge >= 0.3 is 0 Å². The van der Waals surface area contributed by atoms with E-state index in [9.17, 15) is 4.39 Å². The summed E-state index contributed by atoms with van der Waals surface area (Å²) >= 11 is 0. The molecule has 0 amide bonds. The summed E-state index contributed by atoms with van der Waals surface area (Å²) in [5.74, 6) is 0.0462. The Kier molecular flexibility index (Phi) is 3.93. The highest BCUT2D eigenvalue weighted by Gasteiger charge is 2.35. The molecule has 0 radical (unpaired) electrons. The van der Waals surface area contributed by atoms with Gasteiger partial charge in [-0.3, -0.25) is 0 Å². The van der Waals surface area contributed by atoms with Gasteiger partial charge in [-0.15, -0.1) is 0 Å². The minimum absolute atomic E-state index is 0.165. The first-order valence-corrected chi connectivity index (χ1v) is 5.76. The molecule has 7 heteroatoms. The highest BCUT2D eigenvalue weighted by molar-refractivity contribution is 5.41. The van der Waals surface area contributed by atoms with Gasteiger partial charge in [-0.25, -0.2) is 9.37 Å². The first-order chi connectivity index (χ1) is 8.69. The number of rotatable bonds is 5. The number of hydrogen-bond donors (Lipinski definition) is 2. The topological polar surface area (TPSA) is 68.3 Å². The highest BCUT2D eigenvalue weighted by atomic mass is 19.1. The van der Waals surface area contributed by atoms with Gasteiger partial charge in [0.05, 0.1) is 12.8 Å². The van der Waals surface area contributed by atoms with Crippen molar-refractivity contribution in [1.29, 1.82) is 0 Å². The van der Waals surface area contributed by atoms with E-state index in [4.69, 9.17) is 9.47 Å². The van der Waals surface area contributed by atoms with E-state index in [1.165, 1.54) is 0 Å². The molecule has 2 N–H and O–H groups in total. The van der Waals surface area contributed by atoms with Crippen molar-refractivity contribution in [3.8, 4) is 0 Å². The zero-order valence-corrected chi connectivity index (χ0v) is 10.5. The van der Waals surface area contributed by atoms with Crippen LogP contribution in [0.2, 0.25) is 0 Å². The van der Waals surface area contributed by atoms with Crippen molar-refractivity contribution >= 4 is 11.8 Å². The lowest BCUT2D eigenvalue weighted by Crippen LogP contribution is -2.40. The molecule has 1 aliphatic rings. The molecule has 0 aromatic carbocycles. The third-order valence-corrected chi connectivity index (χ3v) is 3.05. The summed E-state index contributed by atoms with van der Waals surface area (Å²) in [6, 6.07) is 0. The molecule has 100 valence electrons. The second-order valence-electron chi connectivity index (χ2n) is 4.18. The van der Waals surface area contributed by atoms with Gasteiger partial charge in [0.1, 0.15) is 5.60 Å². The molecule has 1 aliphatic heterocycles. The Bertz CT molecular complexity index is 410. The zero-order chi connectivity index (χ0) is 13.0. The van der Waals surface area contributed by atoms with Crippen molar-refractivity contribution in [3.63, 3.8) is 0 Å². The predicted octanol–water partition coefficient (Wildman–Crippen LogP) is 0.875. The Labute approximate surface area is 105 Å². The molecule has 1 saturated heterocycles. The molecule has 0 aliphatic carbocycles. The third-order valence-electron chi connectivity index (χ3n) is 3.05. The van der Waals surface area contributed by atoms with E-state index < -0.39 is 11.4 Å². The molecule has 6 nitrogen and oxygen atoms in total. The van der Waals surface area contributed by atoms with E-state index >= 15 is 0 Å². The molecule has 18 heavy (non-hydrogen) atoms. The molecule has 1 unspecified atom stereocenters. The summed E-state index contributed by atoms with van der Waals surface area (Å²) < 4.78 is 24.3. The Balaban J connectivity index is 2.05. The summed E-state index contributed by atoms with van der Waals surface area (Å²) in [4.78, 5) is 7.79. The van der Waals surface area contributed by atoms with Crippen molar-refractivity contribution in [2.24, 2.45) is 0 Å². The Morgan fingerprint density at radius 2 is 2.44 bits per heavy atom. The maximum absolute atomic E-state index is 13.5. The van der Waals surface area contributed by atoms with Crippen LogP contribution in [0, 0.1) is 5.82 Å². The van der Waals surface area contributed by atoms with E-state index in [2.05, 4.69) is 20.6 Å². The van der Waals surface area contributed by atoms with Crippen molar-refractivity contribution < 1.29 is 13.9 Å². The standard InChI is InChI=1S/C11H17FN4O2/c1-13-10-14-5-8(12)9(16-10)15-6-11(17-2)3-4-18-7-11/h5H,3-4,6-7H2,1-2H3,(H2,13,14,15,16). The van der Waals surface area contributed by atoms with Crippen LogP contribution in [0.1, 0.15) is 6.42 Å². The molecular weight excluding hydrogens is 239 g/mol. The van der Waals surface area contributed by atoms with E-state index in [1.807, 2.05) is 0 Å². The van der Waals surface area contributed by atoms with Gasteiger partial charge in [0.2, 0.25) is 5.95 Å². The fraction of sp³-hybridized carbons (Fsp3) is 0.636. The number of ether oxygens (including phenoxy) is 2. The van der Waals surface area contributed by atoms with Gasteiger partial charge in [0.25, 0.3) is 0 Å². The maximum Gasteiger partial charge on any atom is 0.224 e. The summed E-state index contributed by atoms with van der Waals surface area (Å²) in [5.41, 5.74) is -0.406. The summed E-state index contributed by atoms with van der Waals surface area (Å²) in [6.45, 7) is 1.60. The van der Waals surface area contributed by atoms with Crippen LogP contribution < -0.4 is 10.6 Å². The quantitative estimate of drug-likeness (QED) is 0.815. The Hall–Kier alpha value is -1.47. The van der Waals surface area contributed by atoms with Gasteiger partial charge in [0, 0.05) is 33.7 Å². The summed E-state index contributed by atoms with van der Waals surface area (Å²) in [6.07, 6.45) is 1.91. The van der Waals surface area contributed by atoms with E-state index in [1.54, 1.807) is 14.2 Å². The average Bonchev–Trinajstić information content (AvgIpc) is 2.87. The van der Waals surface area contributed by atoms with Gasteiger partial charge < -0.3 is 20.1 Å². The molecule has 0 spiro atoms. The molecule has 2 rings (SSSR count). The monoisotopic (exact) mass is 256 g/mol. The van der Waals surface area contributed by atoms with Crippen LogP contribution in [0.15, 0.2) is 6.20 Å². The van der Waals surface area contributed by atoms with Crippen LogP contribution in [-0.2, 0) is 9.47 Å².